The van der Waals surface area contributed by atoms with Crippen molar-refractivity contribution in [1.29, 1.82) is 0 Å². The van der Waals surface area contributed by atoms with Crippen LogP contribution in [0.4, 0.5) is 5.69 Å². The molecule has 3 aromatic carbocycles. The molecule has 1 amide bonds. The molecule has 0 saturated heterocycles. The van der Waals surface area contributed by atoms with Gasteiger partial charge in [0, 0.05) is 5.56 Å². The van der Waals surface area contributed by atoms with Gasteiger partial charge < -0.3 is 14.5 Å². The second-order valence-corrected chi connectivity index (χ2v) is 6.84. The number of carbonyl (C=O) groups is 2. The van der Waals surface area contributed by atoms with Crippen molar-refractivity contribution in [2.24, 2.45) is 0 Å². The van der Waals surface area contributed by atoms with E-state index in [1.54, 1.807) is 24.3 Å². The zero-order valence-corrected chi connectivity index (χ0v) is 16.7. The average molecular weight is 412 g/mol. The normalized spacial score (nSPS) is 10.5. The molecule has 0 bridgehead atoms. The van der Waals surface area contributed by atoms with Gasteiger partial charge in [-0.25, -0.2) is 9.78 Å². The molecule has 0 aliphatic rings. The fourth-order valence-corrected chi connectivity index (χ4v) is 3.05. The van der Waals surface area contributed by atoms with Gasteiger partial charge in [-0.2, -0.15) is 0 Å². The maximum atomic E-state index is 12.6. The Morgan fingerprint density at radius 3 is 2.32 bits per heavy atom. The second kappa shape index (κ2) is 9.54. The molecular weight excluding hydrogens is 392 g/mol. The Morgan fingerprint density at radius 1 is 0.871 bits per heavy atom. The molecule has 6 heteroatoms. The quantitative estimate of drug-likeness (QED) is 0.438. The molecule has 0 saturated carbocycles. The van der Waals surface area contributed by atoms with Gasteiger partial charge in [0.05, 0.1) is 17.7 Å². The molecule has 0 spiro atoms. The summed E-state index contributed by atoms with van der Waals surface area (Å²) in [5.74, 6) is -0.310. The van der Waals surface area contributed by atoms with Gasteiger partial charge in [0.1, 0.15) is 18.6 Å². The molecule has 0 aliphatic heterocycles. The number of rotatable bonds is 7. The van der Waals surface area contributed by atoms with Gasteiger partial charge >= 0.3 is 5.97 Å². The number of anilines is 1. The summed E-state index contributed by atoms with van der Waals surface area (Å²) in [4.78, 5) is 29.4. The van der Waals surface area contributed by atoms with Gasteiger partial charge in [-0.1, -0.05) is 60.7 Å². The van der Waals surface area contributed by atoms with Crippen LogP contribution in [-0.2, 0) is 22.6 Å². The van der Waals surface area contributed by atoms with Gasteiger partial charge in [0.15, 0.2) is 0 Å². The summed E-state index contributed by atoms with van der Waals surface area (Å²) in [5.41, 5.74) is 2.90. The minimum absolute atomic E-state index is 0.0402. The zero-order valence-electron chi connectivity index (χ0n) is 16.7. The smallest absolute Gasteiger partial charge is 0.340 e. The van der Waals surface area contributed by atoms with Crippen molar-refractivity contribution in [3.8, 4) is 11.5 Å². The molecule has 4 aromatic rings. The van der Waals surface area contributed by atoms with E-state index in [0.717, 1.165) is 11.1 Å². The fourth-order valence-electron chi connectivity index (χ4n) is 3.05. The topological polar surface area (TPSA) is 81.4 Å². The molecular formula is C25H20N2O4. The number of nitrogens with zero attached hydrogens (tertiary/aromatic N) is 1. The summed E-state index contributed by atoms with van der Waals surface area (Å²) < 4.78 is 10.9. The molecule has 0 fully saturated rings. The zero-order chi connectivity index (χ0) is 21.5. The lowest BCUT2D eigenvalue weighted by Crippen LogP contribution is -2.17. The Bertz CT molecular complexity index is 1170. The maximum absolute atomic E-state index is 12.6. The molecule has 0 aliphatic carbocycles. The number of carbonyl (C=O) groups excluding carboxylic acids is 2. The van der Waals surface area contributed by atoms with Gasteiger partial charge in [0.25, 0.3) is 0 Å². The summed E-state index contributed by atoms with van der Waals surface area (Å²) in [6.07, 6.45) is 1.68. The SMILES string of the molecule is O=C(Cc1ccccc1)Nc1ccccc1C(=O)OCc1coc(-c2ccccc2)n1. The molecule has 0 radical (unpaired) electrons. The largest absolute Gasteiger partial charge is 0.455 e. The van der Waals surface area contributed by atoms with E-state index < -0.39 is 5.97 Å². The van der Waals surface area contributed by atoms with Gasteiger partial charge in [-0.3, -0.25) is 4.79 Å². The van der Waals surface area contributed by atoms with E-state index in [0.29, 0.717) is 17.3 Å². The molecule has 1 heterocycles. The number of nitrogens with one attached hydrogen (secondary N) is 1. The summed E-state index contributed by atoms with van der Waals surface area (Å²) in [7, 11) is 0. The number of benzene rings is 3. The van der Waals surface area contributed by atoms with Crippen LogP contribution in [-0.4, -0.2) is 16.9 Å². The Hall–Kier alpha value is -4.19. The van der Waals surface area contributed by atoms with E-state index >= 15 is 0 Å². The number of para-hydroxylation sites is 1. The van der Waals surface area contributed by atoms with Gasteiger partial charge in [0.2, 0.25) is 11.8 Å². The van der Waals surface area contributed by atoms with Crippen LogP contribution in [0.3, 0.4) is 0 Å². The lowest BCUT2D eigenvalue weighted by Gasteiger charge is -2.10. The highest BCUT2D eigenvalue weighted by Crippen LogP contribution is 2.20. The van der Waals surface area contributed by atoms with E-state index in [2.05, 4.69) is 10.3 Å². The van der Waals surface area contributed by atoms with E-state index in [1.165, 1.54) is 6.26 Å². The van der Waals surface area contributed by atoms with Crippen molar-refractivity contribution in [2.45, 2.75) is 13.0 Å². The number of ether oxygens (including phenoxy) is 1. The van der Waals surface area contributed by atoms with Crippen molar-refractivity contribution >= 4 is 17.6 Å². The minimum Gasteiger partial charge on any atom is -0.455 e. The number of oxazole rings is 1. The number of amides is 1. The fraction of sp³-hybridized carbons (Fsp3) is 0.0800. The first-order valence-electron chi connectivity index (χ1n) is 9.79. The Balaban J connectivity index is 1.39. The maximum Gasteiger partial charge on any atom is 0.340 e. The monoisotopic (exact) mass is 412 g/mol. The van der Waals surface area contributed by atoms with Crippen LogP contribution in [0, 0.1) is 0 Å². The van der Waals surface area contributed by atoms with Crippen molar-refractivity contribution in [2.75, 3.05) is 5.32 Å². The predicted octanol–water partition coefficient (Wildman–Crippen LogP) is 4.88. The third-order valence-corrected chi connectivity index (χ3v) is 4.55. The van der Waals surface area contributed by atoms with Crippen LogP contribution < -0.4 is 5.32 Å². The van der Waals surface area contributed by atoms with E-state index in [4.69, 9.17) is 9.15 Å². The molecule has 0 unspecified atom stereocenters. The third kappa shape index (κ3) is 5.25. The number of esters is 1. The highest BCUT2D eigenvalue weighted by atomic mass is 16.5. The van der Waals surface area contributed by atoms with Crippen molar-refractivity contribution in [3.05, 3.63) is 108 Å². The first-order chi connectivity index (χ1) is 15.2. The number of aromatic nitrogens is 1. The number of hydrogen-bond acceptors (Lipinski definition) is 5. The van der Waals surface area contributed by atoms with E-state index in [1.807, 2.05) is 60.7 Å². The molecule has 1 N–H and O–H groups in total. The van der Waals surface area contributed by atoms with Gasteiger partial charge in [-0.05, 0) is 29.8 Å². The van der Waals surface area contributed by atoms with Crippen LogP contribution in [0.5, 0.6) is 0 Å². The van der Waals surface area contributed by atoms with Crippen LogP contribution in [0.15, 0.2) is 95.6 Å². The highest BCUT2D eigenvalue weighted by Gasteiger charge is 2.16. The first kappa shape index (κ1) is 20.1. The predicted molar refractivity (Wildman–Crippen MR) is 116 cm³/mol. The Morgan fingerprint density at radius 2 is 1.55 bits per heavy atom. The standard InChI is InChI=1S/C25H20N2O4/c28-23(15-18-9-3-1-4-10-18)27-22-14-8-7-13-21(22)25(29)31-17-20-16-30-24(26-20)19-11-5-2-6-12-19/h1-14,16H,15,17H2,(H,27,28). The van der Waals surface area contributed by atoms with Crippen LogP contribution in [0.1, 0.15) is 21.6 Å². The lowest BCUT2D eigenvalue weighted by atomic mass is 10.1. The third-order valence-electron chi connectivity index (χ3n) is 4.55. The number of hydrogen-bond donors (Lipinski definition) is 1. The van der Waals surface area contributed by atoms with Crippen LogP contribution in [0.2, 0.25) is 0 Å². The molecule has 154 valence electrons. The Labute approximate surface area is 179 Å². The summed E-state index contributed by atoms with van der Waals surface area (Å²) in [6.45, 7) is -0.0402. The average Bonchev–Trinajstić information content (AvgIpc) is 3.28. The highest BCUT2D eigenvalue weighted by molar-refractivity contribution is 6.01. The van der Waals surface area contributed by atoms with Crippen molar-refractivity contribution in [3.63, 3.8) is 0 Å². The Kier molecular flexibility index (Phi) is 6.18. The molecule has 4 rings (SSSR count). The second-order valence-electron chi connectivity index (χ2n) is 6.84. The van der Waals surface area contributed by atoms with Crippen LogP contribution in [0.25, 0.3) is 11.5 Å². The van der Waals surface area contributed by atoms with Crippen molar-refractivity contribution in [1.82, 2.24) is 4.98 Å². The minimum atomic E-state index is -0.556. The summed E-state index contributed by atoms with van der Waals surface area (Å²) in [6, 6.07) is 25.6. The summed E-state index contributed by atoms with van der Waals surface area (Å²) in [5, 5.41) is 2.79. The van der Waals surface area contributed by atoms with Crippen molar-refractivity contribution < 1.29 is 18.7 Å². The molecule has 0 atom stereocenters. The first-order valence-corrected chi connectivity index (χ1v) is 9.79. The molecule has 1 aromatic heterocycles. The van der Waals surface area contributed by atoms with E-state index in [-0.39, 0.29) is 24.5 Å². The molecule has 6 nitrogen and oxygen atoms in total. The lowest BCUT2D eigenvalue weighted by molar-refractivity contribution is -0.115. The van der Waals surface area contributed by atoms with E-state index in [9.17, 15) is 9.59 Å². The van der Waals surface area contributed by atoms with Gasteiger partial charge in [-0.15, -0.1) is 0 Å². The summed E-state index contributed by atoms with van der Waals surface area (Å²) >= 11 is 0. The molecule has 31 heavy (non-hydrogen) atoms. The van der Waals surface area contributed by atoms with Crippen LogP contribution >= 0.6 is 0 Å².